The third kappa shape index (κ3) is 5.21. The van der Waals surface area contributed by atoms with Gasteiger partial charge in [0.25, 0.3) is 0 Å². The predicted molar refractivity (Wildman–Crippen MR) is 80.6 cm³/mol. The average molecular weight is 262 g/mol. The van der Waals surface area contributed by atoms with Crippen molar-refractivity contribution in [2.75, 3.05) is 38.3 Å². The van der Waals surface area contributed by atoms with E-state index in [9.17, 15) is 0 Å². The number of hydrogen-bond acceptors (Lipinski definition) is 3. The lowest BCUT2D eigenvalue weighted by Gasteiger charge is -2.19. The lowest BCUT2D eigenvalue weighted by molar-refractivity contribution is 0.131. The molecule has 0 unspecified atom stereocenters. The summed E-state index contributed by atoms with van der Waals surface area (Å²) >= 11 is 0. The van der Waals surface area contributed by atoms with Crippen molar-refractivity contribution in [3.05, 3.63) is 29.8 Å². The standard InChI is InChI=1S/C16H26N2O/c1-3-17-12-14-6-8-16(9-7-14)18(2)10-11-19-13-15-4-5-15/h6-9,15,17H,3-5,10-13H2,1-2H3. The van der Waals surface area contributed by atoms with Gasteiger partial charge in [0.2, 0.25) is 0 Å². The molecule has 1 aliphatic rings. The lowest BCUT2D eigenvalue weighted by atomic mass is 10.2. The zero-order chi connectivity index (χ0) is 13.5. The van der Waals surface area contributed by atoms with Crippen LogP contribution in [0.4, 0.5) is 5.69 Å². The van der Waals surface area contributed by atoms with E-state index in [1.165, 1.54) is 24.1 Å². The summed E-state index contributed by atoms with van der Waals surface area (Å²) < 4.78 is 5.67. The fourth-order valence-corrected chi connectivity index (χ4v) is 2.00. The van der Waals surface area contributed by atoms with E-state index in [1.807, 2.05) is 0 Å². The summed E-state index contributed by atoms with van der Waals surface area (Å²) in [6, 6.07) is 8.76. The molecule has 1 saturated carbocycles. The second-order valence-electron chi connectivity index (χ2n) is 5.39. The fourth-order valence-electron chi connectivity index (χ4n) is 2.00. The second kappa shape index (κ2) is 7.51. The molecule has 0 aliphatic heterocycles. The van der Waals surface area contributed by atoms with Gasteiger partial charge in [0, 0.05) is 32.4 Å². The summed E-state index contributed by atoms with van der Waals surface area (Å²) in [5, 5.41) is 3.34. The van der Waals surface area contributed by atoms with Crippen molar-refractivity contribution in [3.63, 3.8) is 0 Å². The first-order valence-corrected chi connectivity index (χ1v) is 7.38. The minimum Gasteiger partial charge on any atom is -0.379 e. The molecular weight excluding hydrogens is 236 g/mol. The summed E-state index contributed by atoms with van der Waals surface area (Å²) in [7, 11) is 2.12. The van der Waals surface area contributed by atoms with Gasteiger partial charge in [-0.05, 0) is 43.0 Å². The maximum Gasteiger partial charge on any atom is 0.0641 e. The zero-order valence-corrected chi connectivity index (χ0v) is 12.2. The van der Waals surface area contributed by atoms with Crippen LogP contribution in [0.25, 0.3) is 0 Å². The molecule has 0 radical (unpaired) electrons. The van der Waals surface area contributed by atoms with Gasteiger partial charge < -0.3 is 15.0 Å². The first-order valence-electron chi connectivity index (χ1n) is 7.38. The lowest BCUT2D eigenvalue weighted by Crippen LogP contribution is -2.23. The van der Waals surface area contributed by atoms with E-state index in [0.29, 0.717) is 0 Å². The van der Waals surface area contributed by atoms with Crippen molar-refractivity contribution >= 4 is 5.69 Å². The molecule has 106 valence electrons. The highest BCUT2D eigenvalue weighted by Gasteiger charge is 2.20. The zero-order valence-electron chi connectivity index (χ0n) is 12.2. The number of nitrogens with one attached hydrogen (secondary N) is 1. The number of nitrogens with zero attached hydrogens (tertiary/aromatic N) is 1. The number of anilines is 1. The topological polar surface area (TPSA) is 24.5 Å². The fraction of sp³-hybridized carbons (Fsp3) is 0.625. The molecule has 19 heavy (non-hydrogen) atoms. The molecule has 1 fully saturated rings. The first-order chi connectivity index (χ1) is 9.29. The number of likely N-dealkylation sites (N-methyl/N-ethyl adjacent to an activating group) is 1. The van der Waals surface area contributed by atoms with Crippen LogP contribution in [0.15, 0.2) is 24.3 Å². The Hall–Kier alpha value is -1.06. The van der Waals surface area contributed by atoms with E-state index in [-0.39, 0.29) is 0 Å². The Kier molecular flexibility index (Phi) is 5.67. The van der Waals surface area contributed by atoms with Crippen molar-refractivity contribution in [1.82, 2.24) is 5.32 Å². The second-order valence-corrected chi connectivity index (χ2v) is 5.39. The van der Waals surface area contributed by atoms with Gasteiger partial charge >= 0.3 is 0 Å². The molecule has 3 nitrogen and oxygen atoms in total. The quantitative estimate of drug-likeness (QED) is 0.692. The van der Waals surface area contributed by atoms with Crippen molar-refractivity contribution in [1.29, 1.82) is 0 Å². The summed E-state index contributed by atoms with van der Waals surface area (Å²) in [5.74, 6) is 0.857. The van der Waals surface area contributed by atoms with Gasteiger partial charge in [0.05, 0.1) is 6.61 Å². The minimum absolute atomic E-state index is 0.826. The van der Waals surface area contributed by atoms with Gasteiger partial charge in [0.15, 0.2) is 0 Å². The molecule has 0 saturated heterocycles. The van der Waals surface area contributed by atoms with Crippen LogP contribution in [0.2, 0.25) is 0 Å². The monoisotopic (exact) mass is 262 g/mol. The van der Waals surface area contributed by atoms with Crippen LogP contribution >= 0.6 is 0 Å². The highest BCUT2D eigenvalue weighted by Crippen LogP contribution is 2.28. The normalized spacial score (nSPS) is 14.6. The summed E-state index contributed by atoms with van der Waals surface area (Å²) in [6.07, 6.45) is 2.73. The van der Waals surface area contributed by atoms with Gasteiger partial charge in [-0.25, -0.2) is 0 Å². The summed E-state index contributed by atoms with van der Waals surface area (Å²) in [4.78, 5) is 2.25. The van der Waals surface area contributed by atoms with Gasteiger partial charge in [0.1, 0.15) is 0 Å². The largest absolute Gasteiger partial charge is 0.379 e. The summed E-state index contributed by atoms with van der Waals surface area (Å²) in [5.41, 5.74) is 2.60. The molecule has 0 heterocycles. The van der Waals surface area contributed by atoms with Crippen molar-refractivity contribution in [2.45, 2.75) is 26.3 Å². The van der Waals surface area contributed by atoms with Crippen LogP contribution < -0.4 is 10.2 Å². The number of benzene rings is 1. The third-order valence-corrected chi connectivity index (χ3v) is 3.58. The Morgan fingerprint density at radius 3 is 2.63 bits per heavy atom. The number of rotatable bonds is 9. The van der Waals surface area contributed by atoms with E-state index in [0.717, 1.165) is 38.8 Å². The molecule has 1 aliphatic carbocycles. The molecular formula is C16H26N2O. The third-order valence-electron chi connectivity index (χ3n) is 3.58. The maximum absolute atomic E-state index is 5.67. The van der Waals surface area contributed by atoms with Gasteiger partial charge in [-0.2, -0.15) is 0 Å². The van der Waals surface area contributed by atoms with E-state index in [4.69, 9.17) is 4.74 Å². The molecule has 1 aromatic rings. The smallest absolute Gasteiger partial charge is 0.0641 e. The molecule has 0 aromatic heterocycles. The summed E-state index contributed by atoms with van der Waals surface area (Å²) in [6.45, 7) is 6.83. The maximum atomic E-state index is 5.67. The van der Waals surface area contributed by atoms with Crippen LogP contribution in [-0.4, -0.2) is 33.4 Å². The molecule has 1 N–H and O–H groups in total. The van der Waals surface area contributed by atoms with Gasteiger partial charge in [-0.15, -0.1) is 0 Å². The number of ether oxygens (including phenoxy) is 1. The molecule has 2 rings (SSSR count). The van der Waals surface area contributed by atoms with Crippen molar-refractivity contribution in [3.8, 4) is 0 Å². The van der Waals surface area contributed by atoms with Gasteiger partial charge in [-0.3, -0.25) is 0 Å². The molecule has 1 aromatic carbocycles. The van der Waals surface area contributed by atoms with E-state index < -0.39 is 0 Å². The van der Waals surface area contributed by atoms with Crippen molar-refractivity contribution < 1.29 is 4.74 Å². The van der Waals surface area contributed by atoms with E-state index in [1.54, 1.807) is 0 Å². The predicted octanol–water partition coefficient (Wildman–Crippen LogP) is 2.66. The Bertz CT molecular complexity index is 360. The van der Waals surface area contributed by atoms with Crippen LogP contribution in [0, 0.1) is 5.92 Å². The van der Waals surface area contributed by atoms with Crippen LogP contribution in [0.5, 0.6) is 0 Å². The first kappa shape index (κ1) is 14.4. The SMILES string of the molecule is CCNCc1ccc(N(C)CCOCC2CC2)cc1. The van der Waals surface area contributed by atoms with Crippen LogP contribution in [-0.2, 0) is 11.3 Å². The van der Waals surface area contributed by atoms with Gasteiger partial charge in [-0.1, -0.05) is 19.1 Å². The van der Waals surface area contributed by atoms with Crippen molar-refractivity contribution in [2.24, 2.45) is 5.92 Å². The molecule has 0 atom stereocenters. The Morgan fingerprint density at radius 2 is 2.00 bits per heavy atom. The Balaban J connectivity index is 1.69. The molecule has 0 spiro atoms. The minimum atomic E-state index is 0.826. The highest BCUT2D eigenvalue weighted by atomic mass is 16.5. The molecule has 0 amide bonds. The molecule has 0 bridgehead atoms. The van der Waals surface area contributed by atoms with E-state index >= 15 is 0 Å². The highest BCUT2D eigenvalue weighted by molar-refractivity contribution is 5.46. The van der Waals surface area contributed by atoms with Crippen LogP contribution in [0.3, 0.4) is 0 Å². The van der Waals surface area contributed by atoms with E-state index in [2.05, 4.69) is 48.5 Å². The average Bonchev–Trinajstić information content (AvgIpc) is 3.26. The number of hydrogen-bond donors (Lipinski definition) is 1. The Labute approximate surface area is 116 Å². The molecule has 3 heteroatoms. The van der Waals surface area contributed by atoms with Crippen LogP contribution in [0.1, 0.15) is 25.3 Å². The Morgan fingerprint density at radius 1 is 1.26 bits per heavy atom.